The lowest BCUT2D eigenvalue weighted by Crippen LogP contribution is -1.99. The van der Waals surface area contributed by atoms with E-state index in [4.69, 9.17) is 17.3 Å². The smallest absolute Gasteiger partial charge is 0.175 e. The molecular formula is C13H11ClFNO2S. The Morgan fingerprint density at radius 3 is 2.37 bits per heavy atom. The van der Waals surface area contributed by atoms with Crippen molar-refractivity contribution >= 4 is 27.1 Å². The fourth-order valence-corrected chi connectivity index (χ4v) is 2.53. The Balaban J connectivity index is 2.55. The average molecular weight is 300 g/mol. The standard InChI is InChI=1S/C13H11ClFNO2S/c1-19(17,18)9-3-4-10(13(16)7-9)8-2-5-12(15)11(14)6-8/h2-7H,16H2,1H3. The number of rotatable bonds is 2. The molecule has 2 N–H and O–H groups in total. The maximum absolute atomic E-state index is 13.1. The van der Waals surface area contributed by atoms with Gasteiger partial charge in [-0.2, -0.15) is 0 Å². The second-order valence-corrected chi connectivity index (χ2v) is 6.57. The number of hydrogen-bond acceptors (Lipinski definition) is 3. The summed E-state index contributed by atoms with van der Waals surface area (Å²) in [5, 5.41) is -0.0101. The van der Waals surface area contributed by atoms with E-state index in [-0.39, 0.29) is 9.92 Å². The van der Waals surface area contributed by atoms with Crippen LogP contribution in [0.25, 0.3) is 11.1 Å². The highest BCUT2D eigenvalue weighted by atomic mass is 35.5. The molecule has 0 spiro atoms. The van der Waals surface area contributed by atoms with E-state index in [1.165, 1.54) is 30.3 Å². The molecule has 6 heteroatoms. The monoisotopic (exact) mass is 299 g/mol. The highest BCUT2D eigenvalue weighted by molar-refractivity contribution is 7.90. The number of hydrogen-bond donors (Lipinski definition) is 1. The number of sulfone groups is 1. The van der Waals surface area contributed by atoms with Crippen molar-refractivity contribution in [3.8, 4) is 11.1 Å². The van der Waals surface area contributed by atoms with Crippen LogP contribution in [0.3, 0.4) is 0 Å². The van der Waals surface area contributed by atoms with Gasteiger partial charge in [0.15, 0.2) is 9.84 Å². The Hall–Kier alpha value is -1.59. The number of nitrogens with two attached hydrogens (primary N) is 1. The highest BCUT2D eigenvalue weighted by Crippen LogP contribution is 2.30. The van der Waals surface area contributed by atoms with E-state index in [9.17, 15) is 12.8 Å². The second-order valence-electron chi connectivity index (χ2n) is 4.15. The molecular weight excluding hydrogens is 289 g/mol. The molecule has 0 radical (unpaired) electrons. The third-order valence-electron chi connectivity index (χ3n) is 2.68. The Kier molecular flexibility index (Phi) is 3.52. The van der Waals surface area contributed by atoms with Crippen LogP contribution in [0, 0.1) is 5.82 Å². The molecule has 0 aliphatic rings. The van der Waals surface area contributed by atoms with Gasteiger partial charge in [-0.05, 0) is 29.8 Å². The van der Waals surface area contributed by atoms with Crippen LogP contribution in [-0.2, 0) is 9.84 Å². The van der Waals surface area contributed by atoms with E-state index in [1.54, 1.807) is 6.07 Å². The van der Waals surface area contributed by atoms with Gasteiger partial charge >= 0.3 is 0 Å². The molecule has 2 aromatic rings. The first-order chi connectivity index (χ1) is 8.79. The summed E-state index contributed by atoms with van der Waals surface area (Å²) in [4.78, 5) is 0.141. The summed E-state index contributed by atoms with van der Waals surface area (Å²) in [6.45, 7) is 0. The largest absolute Gasteiger partial charge is 0.398 e. The predicted octanol–water partition coefficient (Wildman–Crippen LogP) is 3.13. The first-order valence-corrected chi connectivity index (χ1v) is 7.61. The van der Waals surface area contributed by atoms with E-state index in [0.717, 1.165) is 6.26 Å². The maximum Gasteiger partial charge on any atom is 0.175 e. The van der Waals surface area contributed by atoms with Crippen molar-refractivity contribution in [3.05, 3.63) is 47.2 Å². The van der Waals surface area contributed by atoms with E-state index in [1.807, 2.05) is 0 Å². The molecule has 0 bridgehead atoms. The minimum Gasteiger partial charge on any atom is -0.398 e. The molecule has 0 aliphatic heterocycles. The maximum atomic E-state index is 13.1. The van der Waals surface area contributed by atoms with Crippen molar-refractivity contribution in [2.24, 2.45) is 0 Å². The van der Waals surface area contributed by atoms with Crippen LogP contribution >= 0.6 is 11.6 Å². The molecule has 0 saturated carbocycles. The van der Waals surface area contributed by atoms with Gasteiger partial charge in [0.05, 0.1) is 9.92 Å². The van der Waals surface area contributed by atoms with Crippen LogP contribution in [-0.4, -0.2) is 14.7 Å². The van der Waals surface area contributed by atoms with Gasteiger partial charge < -0.3 is 5.73 Å². The van der Waals surface area contributed by atoms with Crippen molar-refractivity contribution < 1.29 is 12.8 Å². The molecule has 2 aromatic carbocycles. The van der Waals surface area contributed by atoms with Crippen molar-refractivity contribution in [2.45, 2.75) is 4.90 Å². The topological polar surface area (TPSA) is 60.2 Å². The van der Waals surface area contributed by atoms with Crippen LogP contribution in [0.4, 0.5) is 10.1 Å². The fraction of sp³-hybridized carbons (Fsp3) is 0.0769. The zero-order valence-electron chi connectivity index (χ0n) is 10.0. The van der Waals surface area contributed by atoms with Gasteiger partial charge in [0.1, 0.15) is 5.82 Å². The SMILES string of the molecule is CS(=O)(=O)c1ccc(-c2ccc(F)c(Cl)c2)c(N)c1. The lowest BCUT2D eigenvalue weighted by Gasteiger charge is -2.08. The lowest BCUT2D eigenvalue weighted by atomic mass is 10.0. The first-order valence-electron chi connectivity index (χ1n) is 5.34. The van der Waals surface area contributed by atoms with Gasteiger partial charge in [-0.15, -0.1) is 0 Å². The number of nitrogen functional groups attached to an aromatic ring is 1. The summed E-state index contributed by atoms with van der Waals surface area (Å²) in [7, 11) is -3.31. The number of benzene rings is 2. The number of halogens is 2. The lowest BCUT2D eigenvalue weighted by molar-refractivity contribution is 0.602. The van der Waals surface area contributed by atoms with Gasteiger partial charge in [0, 0.05) is 17.5 Å². The van der Waals surface area contributed by atoms with Gasteiger partial charge in [-0.3, -0.25) is 0 Å². The van der Waals surface area contributed by atoms with Gasteiger partial charge in [-0.25, -0.2) is 12.8 Å². The Morgan fingerprint density at radius 2 is 1.84 bits per heavy atom. The summed E-state index contributed by atoms with van der Waals surface area (Å²) in [5.41, 5.74) is 7.37. The van der Waals surface area contributed by atoms with Crippen molar-refractivity contribution in [1.82, 2.24) is 0 Å². The second kappa shape index (κ2) is 4.83. The Morgan fingerprint density at radius 1 is 1.16 bits per heavy atom. The molecule has 2 rings (SSSR count). The molecule has 0 fully saturated rings. The number of anilines is 1. The first kappa shape index (κ1) is 13.8. The molecule has 19 heavy (non-hydrogen) atoms. The van der Waals surface area contributed by atoms with Crippen molar-refractivity contribution in [1.29, 1.82) is 0 Å². The van der Waals surface area contributed by atoms with Crippen LogP contribution in [0.2, 0.25) is 5.02 Å². The van der Waals surface area contributed by atoms with Crippen LogP contribution in [0.1, 0.15) is 0 Å². The average Bonchev–Trinajstić information content (AvgIpc) is 2.31. The third kappa shape index (κ3) is 2.88. The third-order valence-corrected chi connectivity index (χ3v) is 4.08. The normalized spacial score (nSPS) is 11.5. The summed E-state index contributed by atoms with van der Waals surface area (Å²) in [6.07, 6.45) is 1.11. The van der Waals surface area contributed by atoms with Gasteiger partial charge in [-0.1, -0.05) is 23.7 Å². The molecule has 100 valence electrons. The van der Waals surface area contributed by atoms with Crippen LogP contribution in [0.5, 0.6) is 0 Å². The van der Waals surface area contributed by atoms with E-state index in [0.29, 0.717) is 16.8 Å². The summed E-state index contributed by atoms with van der Waals surface area (Å²) in [5.74, 6) is -0.517. The Bertz CT molecular complexity index is 744. The van der Waals surface area contributed by atoms with E-state index >= 15 is 0 Å². The molecule has 3 nitrogen and oxygen atoms in total. The Labute approximate surface area is 115 Å². The molecule has 0 amide bonds. The summed E-state index contributed by atoms with van der Waals surface area (Å²) >= 11 is 5.71. The molecule has 0 atom stereocenters. The highest BCUT2D eigenvalue weighted by Gasteiger charge is 2.11. The van der Waals surface area contributed by atoms with Gasteiger partial charge in [0.25, 0.3) is 0 Å². The van der Waals surface area contributed by atoms with Crippen LogP contribution in [0.15, 0.2) is 41.3 Å². The fourth-order valence-electron chi connectivity index (χ4n) is 1.70. The minimum absolute atomic E-state index is 0.0101. The molecule has 0 saturated heterocycles. The molecule has 0 aromatic heterocycles. The molecule has 0 aliphatic carbocycles. The van der Waals surface area contributed by atoms with Gasteiger partial charge in [0.2, 0.25) is 0 Å². The summed E-state index contributed by atoms with van der Waals surface area (Å²) in [6, 6.07) is 8.63. The molecule has 0 unspecified atom stereocenters. The van der Waals surface area contributed by atoms with E-state index < -0.39 is 15.7 Å². The van der Waals surface area contributed by atoms with Crippen LogP contribution < -0.4 is 5.73 Å². The molecule has 0 heterocycles. The minimum atomic E-state index is -3.31. The zero-order chi connectivity index (χ0) is 14.2. The van der Waals surface area contributed by atoms with Crippen molar-refractivity contribution in [2.75, 3.05) is 12.0 Å². The van der Waals surface area contributed by atoms with Crippen molar-refractivity contribution in [3.63, 3.8) is 0 Å². The predicted molar refractivity (Wildman–Crippen MR) is 74.4 cm³/mol. The zero-order valence-corrected chi connectivity index (χ0v) is 11.6. The summed E-state index contributed by atoms with van der Waals surface area (Å²) < 4.78 is 35.9. The van der Waals surface area contributed by atoms with E-state index in [2.05, 4.69) is 0 Å². The quantitative estimate of drug-likeness (QED) is 0.867.